The summed E-state index contributed by atoms with van der Waals surface area (Å²) in [5.74, 6) is -2.16. The SMILES string of the molecule is Cc1ccc(S(=O)(=O)Nc2ccccc2C(=O)NC(C(=O)O)C(C)C)cc1. The summed E-state index contributed by atoms with van der Waals surface area (Å²) in [6, 6.07) is 11.2. The molecule has 2 aromatic carbocycles. The molecule has 8 heteroatoms. The summed E-state index contributed by atoms with van der Waals surface area (Å²) >= 11 is 0. The molecule has 27 heavy (non-hydrogen) atoms. The van der Waals surface area contributed by atoms with Gasteiger partial charge in [0.15, 0.2) is 0 Å². The number of benzene rings is 2. The number of aliphatic carboxylic acids is 1. The highest BCUT2D eigenvalue weighted by Crippen LogP contribution is 2.21. The van der Waals surface area contributed by atoms with Gasteiger partial charge in [0.2, 0.25) is 0 Å². The predicted octanol–water partition coefficient (Wildman–Crippen LogP) is 2.63. The number of rotatable bonds is 7. The molecule has 0 spiro atoms. The lowest BCUT2D eigenvalue weighted by atomic mass is 10.0. The normalized spacial score (nSPS) is 12.4. The molecular weight excluding hydrogens is 368 g/mol. The van der Waals surface area contributed by atoms with Crippen LogP contribution in [0.4, 0.5) is 5.69 Å². The lowest BCUT2D eigenvalue weighted by Gasteiger charge is -2.19. The van der Waals surface area contributed by atoms with Crippen LogP contribution < -0.4 is 10.0 Å². The number of carboxylic acids is 1. The Morgan fingerprint density at radius 3 is 2.15 bits per heavy atom. The number of hydrogen-bond acceptors (Lipinski definition) is 4. The number of sulfonamides is 1. The Balaban J connectivity index is 2.31. The number of carboxylic acid groups (broad SMARTS) is 1. The van der Waals surface area contributed by atoms with Crippen molar-refractivity contribution in [1.29, 1.82) is 0 Å². The van der Waals surface area contributed by atoms with Gasteiger partial charge in [-0.1, -0.05) is 43.7 Å². The molecule has 3 N–H and O–H groups in total. The fraction of sp³-hybridized carbons (Fsp3) is 0.263. The molecule has 144 valence electrons. The predicted molar refractivity (Wildman–Crippen MR) is 102 cm³/mol. The minimum absolute atomic E-state index is 0.0417. The third-order valence-electron chi connectivity index (χ3n) is 3.97. The van der Waals surface area contributed by atoms with Gasteiger partial charge in [-0.2, -0.15) is 0 Å². The molecule has 1 atom stereocenters. The number of nitrogens with one attached hydrogen (secondary N) is 2. The average molecular weight is 390 g/mol. The van der Waals surface area contributed by atoms with Crippen molar-refractivity contribution in [2.45, 2.75) is 31.7 Å². The second kappa shape index (κ2) is 8.22. The maximum atomic E-state index is 12.6. The van der Waals surface area contributed by atoms with Crippen LogP contribution in [-0.2, 0) is 14.8 Å². The van der Waals surface area contributed by atoms with Crippen LogP contribution in [0.2, 0.25) is 0 Å². The number of carbonyl (C=O) groups excluding carboxylic acids is 1. The highest BCUT2D eigenvalue weighted by molar-refractivity contribution is 7.92. The van der Waals surface area contributed by atoms with Gasteiger partial charge in [0.05, 0.1) is 16.1 Å². The first-order valence-corrected chi connectivity index (χ1v) is 9.82. The minimum Gasteiger partial charge on any atom is -0.480 e. The molecule has 0 saturated heterocycles. The summed E-state index contributed by atoms with van der Waals surface area (Å²) in [6.07, 6.45) is 0. The fourth-order valence-electron chi connectivity index (χ4n) is 2.42. The lowest BCUT2D eigenvalue weighted by Crippen LogP contribution is -2.44. The Bertz CT molecular complexity index is 937. The van der Waals surface area contributed by atoms with Gasteiger partial charge in [-0.05, 0) is 37.1 Å². The second-order valence-corrected chi connectivity index (χ2v) is 8.18. The summed E-state index contributed by atoms with van der Waals surface area (Å²) in [5.41, 5.74) is 1.03. The van der Waals surface area contributed by atoms with Crippen molar-refractivity contribution in [3.05, 3.63) is 59.7 Å². The zero-order chi connectivity index (χ0) is 20.2. The van der Waals surface area contributed by atoms with Gasteiger partial charge >= 0.3 is 5.97 Å². The van der Waals surface area contributed by atoms with E-state index in [9.17, 15) is 23.1 Å². The number of hydrogen-bond donors (Lipinski definition) is 3. The van der Waals surface area contributed by atoms with Crippen LogP contribution in [0.15, 0.2) is 53.4 Å². The molecule has 7 nitrogen and oxygen atoms in total. The number of carbonyl (C=O) groups is 2. The monoisotopic (exact) mass is 390 g/mol. The van der Waals surface area contributed by atoms with E-state index >= 15 is 0 Å². The third kappa shape index (κ3) is 5.07. The van der Waals surface area contributed by atoms with Crippen LogP contribution in [-0.4, -0.2) is 31.4 Å². The van der Waals surface area contributed by atoms with Crippen LogP contribution >= 0.6 is 0 Å². The molecule has 1 unspecified atom stereocenters. The van der Waals surface area contributed by atoms with Gasteiger partial charge < -0.3 is 10.4 Å². The molecule has 0 saturated carbocycles. The zero-order valence-electron chi connectivity index (χ0n) is 15.3. The van der Waals surface area contributed by atoms with Crippen LogP contribution in [0, 0.1) is 12.8 Å². The zero-order valence-corrected chi connectivity index (χ0v) is 16.1. The average Bonchev–Trinajstić information content (AvgIpc) is 2.59. The first kappa shape index (κ1) is 20.4. The van der Waals surface area contributed by atoms with Crippen molar-refractivity contribution in [2.24, 2.45) is 5.92 Å². The van der Waals surface area contributed by atoms with Crippen LogP contribution in [0.25, 0.3) is 0 Å². The number of anilines is 1. The van der Waals surface area contributed by atoms with Gasteiger partial charge in [-0.25, -0.2) is 13.2 Å². The smallest absolute Gasteiger partial charge is 0.326 e. The first-order chi connectivity index (χ1) is 12.6. The Morgan fingerprint density at radius 1 is 1.00 bits per heavy atom. The van der Waals surface area contributed by atoms with E-state index in [0.717, 1.165) is 5.56 Å². The van der Waals surface area contributed by atoms with Gasteiger partial charge in [0, 0.05) is 0 Å². The lowest BCUT2D eigenvalue weighted by molar-refractivity contribution is -0.140. The first-order valence-electron chi connectivity index (χ1n) is 8.34. The van der Waals surface area contributed by atoms with Crippen molar-refractivity contribution in [2.75, 3.05) is 4.72 Å². The maximum absolute atomic E-state index is 12.6. The molecule has 0 radical (unpaired) electrons. The fourth-order valence-corrected chi connectivity index (χ4v) is 3.50. The van der Waals surface area contributed by atoms with E-state index in [0.29, 0.717) is 0 Å². The van der Waals surface area contributed by atoms with Gasteiger partial charge in [-0.3, -0.25) is 9.52 Å². The molecule has 0 heterocycles. The summed E-state index contributed by atoms with van der Waals surface area (Å²) in [4.78, 5) is 23.9. The molecule has 0 bridgehead atoms. The van der Waals surface area contributed by atoms with E-state index in [4.69, 9.17) is 0 Å². The summed E-state index contributed by atoms with van der Waals surface area (Å²) in [6.45, 7) is 5.19. The molecule has 0 aliphatic heterocycles. The number of aryl methyl sites for hydroxylation is 1. The molecule has 2 rings (SSSR count). The van der Waals surface area contributed by atoms with Crippen LogP contribution in [0.3, 0.4) is 0 Å². The van der Waals surface area contributed by atoms with Crippen LogP contribution in [0.5, 0.6) is 0 Å². The third-order valence-corrected chi connectivity index (χ3v) is 5.35. The molecular formula is C19H22N2O5S. The topological polar surface area (TPSA) is 113 Å². The molecule has 0 aliphatic carbocycles. The molecule has 1 amide bonds. The van der Waals surface area contributed by atoms with E-state index < -0.39 is 27.9 Å². The van der Waals surface area contributed by atoms with E-state index in [1.807, 2.05) is 6.92 Å². The molecule has 0 fully saturated rings. The largest absolute Gasteiger partial charge is 0.480 e. The van der Waals surface area contributed by atoms with E-state index in [1.54, 1.807) is 38.1 Å². The highest BCUT2D eigenvalue weighted by Gasteiger charge is 2.25. The number of para-hydroxylation sites is 1. The molecule has 2 aromatic rings. The van der Waals surface area contributed by atoms with E-state index in [-0.39, 0.29) is 22.1 Å². The van der Waals surface area contributed by atoms with Gasteiger partial charge in [0.25, 0.3) is 15.9 Å². The van der Waals surface area contributed by atoms with E-state index in [1.165, 1.54) is 24.3 Å². The summed E-state index contributed by atoms with van der Waals surface area (Å²) in [7, 11) is -3.89. The van der Waals surface area contributed by atoms with Crippen molar-refractivity contribution in [3.63, 3.8) is 0 Å². The van der Waals surface area contributed by atoms with Crippen molar-refractivity contribution < 1.29 is 23.1 Å². The van der Waals surface area contributed by atoms with Crippen molar-refractivity contribution in [3.8, 4) is 0 Å². The second-order valence-electron chi connectivity index (χ2n) is 6.50. The van der Waals surface area contributed by atoms with Gasteiger partial charge in [-0.15, -0.1) is 0 Å². The number of amides is 1. The van der Waals surface area contributed by atoms with Crippen LogP contribution in [0.1, 0.15) is 29.8 Å². The summed E-state index contributed by atoms with van der Waals surface area (Å²) in [5, 5.41) is 11.7. The van der Waals surface area contributed by atoms with Crippen molar-refractivity contribution >= 4 is 27.6 Å². The van der Waals surface area contributed by atoms with Gasteiger partial charge in [0.1, 0.15) is 6.04 Å². The Hall–Kier alpha value is -2.87. The molecule has 0 aliphatic rings. The highest BCUT2D eigenvalue weighted by atomic mass is 32.2. The standard InChI is InChI=1S/C19H22N2O5S/c1-12(2)17(19(23)24)20-18(22)15-6-4-5-7-16(15)21-27(25,26)14-10-8-13(3)9-11-14/h4-12,17,21H,1-3H3,(H,20,22)(H,23,24). The molecule has 0 aromatic heterocycles. The summed E-state index contributed by atoms with van der Waals surface area (Å²) < 4.78 is 27.6. The van der Waals surface area contributed by atoms with E-state index in [2.05, 4.69) is 10.0 Å². The minimum atomic E-state index is -3.89. The quantitative estimate of drug-likeness (QED) is 0.673. The Labute approximate surface area is 158 Å². The Morgan fingerprint density at radius 2 is 1.59 bits per heavy atom. The van der Waals surface area contributed by atoms with Crippen molar-refractivity contribution in [1.82, 2.24) is 5.32 Å². The Kier molecular flexibility index (Phi) is 6.22. The maximum Gasteiger partial charge on any atom is 0.326 e.